The second-order valence-electron chi connectivity index (χ2n) is 8.96. The first-order valence-corrected chi connectivity index (χ1v) is 11.2. The van der Waals surface area contributed by atoms with E-state index >= 15 is 0 Å². The van der Waals surface area contributed by atoms with Gasteiger partial charge in [-0.25, -0.2) is 4.98 Å². The normalized spacial score (nSPS) is 13.9. The van der Waals surface area contributed by atoms with Crippen LogP contribution in [-0.4, -0.2) is 43.0 Å². The lowest BCUT2D eigenvalue weighted by molar-refractivity contribution is -0.147. The average molecular weight is 455 g/mol. The Bertz CT molecular complexity index is 1170. The number of aromatic nitrogens is 3. The zero-order valence-electron chi connectivity index (χ0n) is 18.3. The number of carboxylic acids is 1. The van der Waals surface area contributed by atoms with Crippen molar-refractivity contribution in [2.75, 3.05) is 6.54 Å². The summed E-state index contributed by atoms with van der Waals surface area (Å²) in [6.45, 7) is 5.08. The summed E-state index contributed by atoms with van der Waals surface area (Å²) in [6, 6.07) is 7.61. The maximum atomic E-state index is 12.9. The van der Waals surface area contributed by atoms with E-state index in [9.17, 15) is 14.7 Å². The lowest BCUT2D eigenvalue weighted by Crippen LogP contribution is -2.36. The number of carbonyl (C=O) groups excluding carboxylic acids is 1. The van der Waals surface area contributed by atoms with Crippen molar-refractivity contribution in [2.45, 2.75) is 52.6 Å². The number of nitrogens with zero attached hydrogens (tertiary/aromatic N) is 4. The number of hydrogen-bond donors (Lipinski definition) is 1. The van der Waals surface area contributed by atoms with E-state index in [0.29, 0.717) is 43.9 Å². The highest BCUT2D eigenvalue weighted by atomic mass is 35.5. The summed E-state index contributed by atoms with van der Waals surface area (Å²) in [5, 5.41) is 11.0. The third kappa shape index (κ3) is 4.48. The fourth-order valence-corrected chi connectivity index (χ4v) is 4.47. The Hall–Kier alpha value is -2.93. The standard InChI is InChI=1S/C24H27ClN4O3/c1-24(2,23(31)32)9-3-6-21(30)28-12-8-18-19-5-4-10-27-22(19)29(20(18)15-28)14-17-13-16(25)7-11-26-17/h4-5,7,10-11,13H,3,6,8-9,12,14-15H2,1-2H3,(H,31,32). The quantitative estimate of drug-likeness (QED) is 0.575. The van der Waals surface area contributed by atoms with Crippen LogP contribution in [0, 0.1) is 5.41 Å². The number of fused-ring (bicyclic) bond motifs is 3. The minimum absolute atomic E-state index is 0.0579. The third-order valence-corrected chi connectivity index (χ3v) is 6.47. The van der Waals surface area contributed by atoms with Crippen molar-refractivity contribution in [2.24, 2.45) is 5.41 Å². The van der Waals surface area contributed by atoms with Crippen LogP contribution in [0.2, 0.25) is 5.02 Å². The molecule has 4 heterocycles. The molecule has 4 rings (SSSR count). The first-order chi connectivity index (χ1) is 15.3. The molecule has 1 aliphatic rings. The van der Waals surface area contributed by atoms with Crippen molar-refractivity contribution in [1.29, 1.82) is 0 Å². The van der Waals surface area contributed by atoms with Crippen molar-refractivity contribution < 1.29 is 14.7 Å². The molecular weight excluding hydrogens is 428 g/mol. The molecule has 0 spiro atoms. The average Bonchev–Trinajstić information content (AvgIpc) is 3.06. The molecular formula is C24H27ClN4O3. The van der Waals surface area contributed by atoms with Gasteiger partial charge in [-0.2, -0.15) is 0 Å². The summed E-state index contributed by atoms with van der Waals surface area (Å²) in [7, 11) is 0. The molecule has 0 radical (unpaired) electrons. The maximum absolute atomic E-state index is 12.9. The van der Waals surface area contributed by atoms with E-state index in [-0.39, 0.29) is 5.91 Å². The van der Waals surface area contributed by atoms with E-state index < -0.39 is 11.4 Å². The largest absolute Gasteiger partial charge is 0.481 e. The van der Waals surface area contributed by atoms with E-state index in [0.717, 1.165) is 28.8 Å². The van der Waals surface area contributed by atoms with Gasteiger partial charge in [0.2, 0.25) is 5.91 Å². The predicted octanol–water partition coefficient (Wildman–Crippen LogP) is 4.30. The third-order valence-electron chi connectivity index (χ3n) is 6.24. The fourth-order valence-electron chi connectivity index (χ4n) is 4.29. The first-order valence-electron chi connectivity index (χ1n) is 10.8. The summed E-state index contributed by atoms with van der Waals surface area (Å²) in [6.07, 6.45) is 5.61. The minimum atomic E-state index is -0.834. The highest BCUT2D eigenvalue weighted by Gasteiger charge is 2.29. The van der Waals surface area contributed by atoms with Gasteiger partial charge in [0, 0.05) is 41.5 Å². The monoisotopic (exact) mass is 454 g/mol. The Morgan fingerprint density at radius 2 is 2.03 bits per heavy atom. The topological polar surface area (TPSA) is 88.3 Å². The maximum Gasteiger partial charge on any atom is 0.309 e. The van der Waals surface area contributed by atoms with E-state index in [2.05, 4.69) is 20.6 Å². The number of halogens is 1. The van der Waals surface area contributed by atoms with Crippen LogP contribution in [0.3, 0.4) is 0 Å². The number of carboxylic acid groups (broad SMARTS) is 1. The number of amides is 1. The molecule has 0 atom stereocenters. The summed E-state index contributed by atoms with van der Waals surface area (Å²) in [5.74, 6) is -0.776. The summed E-state index contributed by atoms with van der Waals surface area (Å²) >= 11 is 6.16. The number of rotatable bonds is 7. The Morgan fingerprint density at radius 3 is 2.78 bits per heavy atom. The van der Waals surface area contributed by atoms with E-state index in [4.69, 9.17) is 11.6 Å². The minimum Gasteiger partial charge on any atom is -0.481 e. The van der Waals surface area contributed by atoms with Crippen molar-refractivity contribution in [3.05, 3.63) is 58.6 Å². The van der Waals surface area contributed by atoms with Gasteiger partial charge in [-0.05, 0) is 62.9 Å². The summed E-state index contributed by atoms with van der Waals surface area (Å²) in [4.78, 5) is 35.2. The predicted molar refractivity (Wildman–Crippen MR) is 122 cm³/mol. The number of hydrogen-bond acceptors (Lipinski definition) is 4. The Balaban J connectivity index is 1.55. The molecule has 0 bridgehead atoms. The van der Waals surface area contributed by atoms with Crippen LogP contribution < -0.4 is 0 Å². The van der Waals surface area contributed by atoms with Crippen LogP contribution in [0.4, 0.5) is 0 Å². The smallest absolute Gasteiger partial charge is 0.309 e. The van der Waals surface area contributed by atoms with Gasteiger partial charge in [-0.3, -0.25) is 14.6 Å². The van der Waals surface area contributed by atoms with Crippen LogP contribution in [0.1, 0.15) is 50.1 Å². The van der Waals surface area contributed by atoms with Crippen molar-refractivity contribution in [3.63, 3.8) is 0 Å². The SMILES string of the molecule is CC(C)(CCCC(=O)N1CCc2c(n(Cc3cc(Cl)ccn3)c3ncccc23)C1)C(=O)O. The lowest BCUT2D eigenvalue weighted by Gasteiger charge is -2.29. The van der Waals surface area contributed by atoms with Crippen LogP contribution in [-0.2, 0) is 29.1 Å². The second kappa shape index (κ2) is 8.90. The van der Waals surface area contributed by atoms with E-state index in [1.807, 2.05) is 17.0 Å². The molecule has 0 unspecified atom stereocenters. The molecule has 0 saturated heterocycles. The lowest BCUT2D eigenvalue weighted by atomic mass is 9.87. The van der Waals surface area contributed by atoms with E-state index in [1.54, 1.807) is 32.3 Å². The molecule has 0 aliphatic carbocycles. The van der Waals surface area contributed by atoms with Crippen LogP contribution in [0.15, 0.2) is 36.7 Å². The molecule has 1 amide bonds. The van der Waals surface area contributed by atoms with Gasteiger partial charge in [-0.1, -0.05) is 11.6 Å². The molecule has 168 valence electrons. The van der Waals surface area contributed by atoms with Crippen LogP contribution >= 0.6 is 11.6 Å². The molecule has 0 saturated carbocycles. The number of aliphatic carboxylic acids is 1. The van der Waals surface area contributed by atoms with E-state index in [1.165, 1.54) is 5.56 Å². The van der Waals surface area contributed by atoms with Gasteiger partial charge < -0.3 is 14.6 Å². The number of pyridine rings is 2. The van der Waals surface area contributed by atoms with Crippen molar-refractivity contribution >= 4 is 34.5 Å². The number of carbonyl (C=O) groups is 2. The van der Waals surface area contributed by atoms with Gasteiger partial charge in [0.15, 0.2) is 0 Å². The molecule has 3 aromatic heterocycles. The van der Waals surface area contributed by atoms with Crippen LogP contribution in [0.25, 0.3) is 11.0 Å². The van der Waals surface area contributed by atoms with Gasteiger partial charge in [-0.15, -0.1) is 0 Å². The zero-order chi connectivity index (χ0) is 22.9. The zero-order valence-corrected chi connectivity index (χ0v) is 19.1. The van der Waals surface area contributed by atoms with Gasteiger partial charge in [0.05, 0.1) is 24.2 Å². The Morgan fingerprint density at radius 1 is 1.22 bits per heavy atom. The summed E-state index contributed by atoms with van der Waals surface area (Å²) in [5.41, 5.74) is 3.20. The second-order valence-corrected chi connectivity index (χ2v) is 9.40. The molecule has 32 heavy (non-hydrogen) atoms. The molecule has 0 aromatic carbocycles. The Kier molecular flexibility index (Phi) is 6.20. The molecule has 1 N–H and O–H groups in total. The highest BCUT2D eigenvalue weighted by molar-refractivity contribution is 6.30. The van der Waals surface area contributed by atoms with Crippen molar-refractivity contribution in [1.82, 2.24) is 19.4 Å². The molecule has 8 heteroatoms. The Labute approximate surface area is 192 Å². The molecule has 3 aromatic rings. The first kappa shape index (κ1) is 22.3. The molecule has 7 nitrogen and oxygen atoms in total. The van der Waals surface area contributed by atoms with Gasteiger partial charge in [0.1, 0.15) is 5.65 Å². The van der Waals surface area contributed by atoms with Crippen molar-refractivity contribution in [3.8, 4) is 0 Å². The highest BCUT2D eigenvalue weighted by Crippen LogP contribution is 2.31. The molecule has 1 aliphatic heterocycles. The molecule has 0 fully saturated rings. The van der Waals surface area contributed by atoms with Gasteiger partial charge in [0.25, 0.3) is 0 Å². The van der Waals surface area contributed by atoms with Gasteiger partial charge >= 0.3 is 5.97 Å². The fraction of sp³-hybridized carbons (Fsp3) is 0.417. The summed E-state index contributed by atoms with van der Waals surface area (Å²) < 4.78 is 2.14. The van der Waals surface area contributed by atoms with Crippen LogP contribution in [0.5, 0.6) is 0 Å².